The van der Waals surface area contributed by atoms with E-state index >= 15 is 0 Å². The van der Waals surface area contributed by atoms with Gasteiger partial charge in [-0.25, -0.2) is 4.98 Å². The second-order valence-corrected chi connectivity index (χ2v) is 4.31. The van der Waals surface area contributed by atoms with Crippen LogP contribution in [-0.2, 0) is 11.3 Å². The molecule has 1 aromatic heterocycles. The number of hydrogen-bond donors (Lipinski definition) is 1. The van der Waals surface area contributed by atoms with Crippen molar-refractivity contribution in [2.45, 2.75) is 19.9 Å². The van der Waals surface area contributed by atoms with Crippen molar-refractivity contribution in [1.82, 2.24) is 9.55 Å². The smallest absolute Gasteiger partial charge is 0.274 e. The SMILES string of the molecule is Cc1c(NC(=O)CCn2ccnc2)cccc1[N+](=O)[O-]. The van der Waals surface area contributed by atoms with E-state index in [1.165, 1.54) is 6.07 Å². The van der Waals surface area contributed by atoms with Gasteiger partial charge in [0.1, 0.15) is 0 Å². The average molecular weight is 274 g/mol. The van der Waals surface area contributed by atoms with Crippen LogP contribution in [0.1, 0.15) is 12.0 Å². The highest BCUT2D eigenvalue weighted by Crippen LogP contribution is 2.25. The van der Waals surface area contributed by atoms with Crippen LogP contribution < -0.4 is 5.32 Å². The van der Waals surface area contributed by atoms with E-state index in [0.717, 1.165) is 0 Å². The summed E-state index contributed by atoms with van der Waals surface area (Å²) >= 11 is 0. The Morgan fingerprint density at radius 2 is 2.30 bits per heavy atom. The van der Waals surface area contributed by atoms with Gasteiger partial charge < -0.3 is 9.88 Å². The molecule has 0 saturated heterocycles. The Bertz CT molecular complexity index is 623. The van der Waals surface area contributed by atoms with Crippen molar-refractivity contribution in [2.24, 2.45) is 0 Å². The molecule has 1 N–H and O–H groups in total. The van der Waals surface area contributed by atoms with Gasteiger partial charge >= 0.3 is 0 Å². The first-order valence-electron chi connectivity index (χ1n) is 6.07. The first-order valence-corrected chi connectivity index (χ1v) is 6.07. The lowest BCUT2D eigenvalue weighted by Gasteiger charge is -2.08. The van der Waals surface area contributed by atoms with Gasteiger partial charge in [-0.05, 0) is 13.0 Å². The van der Waals surface area contributed by atoms with Crippen molar-refractivity contribution in [3.05, 3.63) is 52.6 Å². The standard InChI is InChI=1S/C13H14N4O3/c1-10-11(3-2-4-12(10)17(19)20)15-13(18)5-7-16-8-6-14-9-16/h2-4,6,8-9H,5,7H2,1H3,(H,15,18). The molecule has 7 heteroatoms. The summed E-state index contributed by atoms with van der Waals surface area (Å²) in [6.07, 6.45) is 5.32. The Hall–Kier alpha value is -2.70. The Kier molecular flexibility index (Phi) is 4.09. The van der Waals surface area contributed by atoms with Crippen molar-refractivity contribution in [3.63, 3.8) is 0 Å². The molecular weight excluding hydrogens is 260 g/mol. The van der Waals surface area contributed by atoms with Crippen LogP contribution in [0, 0.1) is 17.0 Å². The topological polar surface area (TPSA) is 90.1 Å². The molecule has 1 heterocycles. The maximum absolute atomic E-state index is 11.8. The number of amides is 1. The summed E-state index contributed by atoms with van der Waals surface area (Å²) in [6.45, 7) is 2.13. The van der Waals surface area contributed by atoms with Crippen molar-refractivity contribution >= 4 is 17.3 Å². The number of hydrogen-bond acceptors (Lipinski definition) is 4. The summed E-state index contributed by atoms with van der Waals surface area (Å²) in [5, 5.41) is 13.5. The molecule has 104 valence electrons. The predicted octanol–water partition coefficient (Wildman–Crippen LogP) is 2.13. The second-order valence-electron chi connectivity index (χ2n) is 4.31. The zero-order chi connectivity index (χ0) is 14.5. The third-order valence-electron chi connectivity index (χ3n) is 2.93. The molecule has 0 aliphatic carbocycles. The van der Waals surface area contributed by atoms with Gasteiger partial charge in [0.15, 0.2) is 0 Å². The van der Waals surface area contributed by atoms with E-state index in [9.17, 15) is 14.9 Å². The van der Waals surface area contributed by atoms with E-state index in [1.54, 1.807) is 42.3 Å². The van der Waals surface area contributed by atoms with E-state index in [4.69, 9.17) is 0 Å². The molecule has 0 aliphatic rings. The zero-order valence-electron chi connectivity index (χ0n) is 10.9. The van der Waals surface area contributed by atoms with E-state index in [-0.39, 0.29) is 18.0 Å². The average Bonchev–Trinajstić information content (AvgIpc) is 2.91. The number of nitro groups is 1. The summed E-state index contributed by atoms with van der Waals surface area (Å²) < 4.78 is 1.79. The molecule has 1 aromatic carbocycles. The highest BCUT2D eigenvalue weighted by molar-refractivity contribution is 5.92. The molecule has 0 unspecified atom stereocenters. The third-order valence-corrected chi connectivity index (χ3v) is 2.93. The van der Waals surface area contributed by atoms with Crippen LogP contribution >= 0.6 is 0 Å². The quantitative estimate of drug-likeness (QED) is 0.668. The normalized spacial score (nSPS) is 10.2. The van der Waals surface area contributed by atoms with Gasteiger partial charge in [-0.2, -0.15) is 0 Å². The molecule has 2 rings (SSSR count). The number of nitrogens with zero attached hydrogens (tertiary/aromatic N) is 3. The zero-order valence-corrected chi connectivity index (χ0v) is 10.9. The Labute approximate surface area is 115 Å². The summed E-state index contributed by atoms with van der Waals surface area (Å²) in [4.78, 5) is 26.1. The van der Waals surface area contributed by atoms with Crippen molar-refractivity contribution in [2.75, 3.05) is 5.32 Å². The monoisotopic (exact) mass is 274 g/mol. The Balaban J connectivity index is 2.01. The number of anilines is 1. The van der Waals surface area contributed by atoms with Crippen LogP contribution in [0.5, 0.6) is 0 Å². The predicted molar refractivity (Wildman–Crippen MR) is 73.3 cm³/mol. The van der Waals surface area contributed by atoms with Crippen molar-refractivity contribution in [3.8, 4) is 0 Å². The van der Waals surface area contributed by atoms with Crippen LogP contribution in [0.15, 0.2) is 36.9 Å². The lowest BCUT2D eigenvalue weighted by atomic mass is 10.1. The lowest BCUT2D eigenvalue weighted by Crippen LogP contribution is -2.15. The third kappa shape index (κ3) is 3.19. The minimum atomic E-state index is -0.462. The molecule has 1 amide bonds. The van der Waals surface area contributed by atoms with E-state index in [2.05, 4.69) is 10.3 Å². The molecule has 0 radical (unpaired) electrons. The second kappa shape index (κ2) is 5.96. The number of benzene rings is 1. The maximum Gasteiger partial charge on any atom is 0.274 e. The maximum atomic E-state index is 11.8. The largest absolute Gasteiger partial charge is 0.337 e. The molecule has 0 atom stereocenters. The highest BCUT2D eigenvalue weighted by Gasteiger charge is 2.14. The summed E-state index contributed by atoms with van der Waals surface area (Å²) in [5.74, 6) is -0.192. The Morgan fingerprint density at radius 3 is 2.95 bits per heavy atom. The Morgan fingerprint density at radius 1 is 1.50 bits per heavy atom. The van der Waals surface area contributed by atoms with Gasteiger partial charge in [0.25, 0.3) is 5.69 Å². The van der Waals surface area contributed by atoms with E-state index in [0.29, 0.717) is 17.8 Å². The summed E-state index contributed by atoms with van der Waals surface area (Å²) in [6, 6.07) is 4.62. The van der Waals surface area contributed by atoms with Gasteiger partial charge in [-0.1, -0.05) is 6.07 Å². The molecule has 0 aliphatic heterocycles. The minimum absolute atomic E-state index is 0.00240. The number of aromatic nitrogens is 2. The van der Waals surface area contributed by atoms with Gasteiger partial charge in [0.05, 0.1) is 22.5 Å². The van der Waals surface area contributed by atoms with Gasteiger partial charge in [0.2, 0.25) is 5.91 Å². The highest BCUT2D eigenvalue weighted by atomic mass is 16.6. The molecular formula is C13H14N4O3. The fraction of sp³-hybridized carbons (Fsp3) is 0.231. The van der Waals surface area contributed by atoms with Gasteiger partial charge in [0, 0.05) is 31.4 Å². The molecule has 2 aromatic rings. The van der Waals surface area contributed by atoms with Crippen LogP contribution in [-0.4, -0.2) is 20.4 Å². The van der Waals surface area contributed by atoms with Gasteiger partial charge in [-0.3, -0.25) is 14.9 Å². The summed E-state index contributed by atoms with van der Waals surface area (Å²) in [5.41, 5.74) is 0.917. The number of imidazole rings is 1. The van der Waals surface area contributed by atoms with Crippen LogP contribution in [0.3, 0.4) is 0 Å². The minimum Gasteiger partial charge on any atom is -0.337 e. The van der Waals surface area contributed by atoms with Crippen LogP contribution in [0.2, 0.25) is 0 Å². The number of aryl methyl sites for hydroxylation is 1. The van der Waals surface area contributed by atoms with Crippen LogP contribution in [0.4, 0.5) is 11.4 Å². The molecule has 0 bridgehead atoms. The number of rotatable bonds is 5. The summed E-state index contributed by atoms with van der Waals surface area (Å²) in [7, 11) is 0. The number of carbonyl (C=O) groups is 1. The fourth-order valence-corrected chi connectivity index (χ4v) is 1.82. The van der Waals surface area contributed by atoms with E-state index < -0.39 is 4.92 Å². The van der Waals surface area contributed by atoms with Crippen molar-refractivity contribution < 1.29 is 9.72 Å². The first-order chi connectivity index (χ1) is 9.58. The molecule has 20 heavy (non-hydrogen) atoms. The number of nitro benzene ring substituents is 1. The van der Waals surface area contributed by atoms with Crippen LogP contribution in [0.25, 0.3) is 0 Å². The fourth-order valence-electron chi connectivity index (χ4n) is 1.82. The molecule has 0 saturated carbocycles. The molecule has 7 nitrogen and oxygen atoms in total. The van der Waals surface area contributed by atoms with Gasteiger partial charge in [-0.15, -0.1) is 0 Å². The lowest BCUT2D eigenvalue weighted by molar-refractivity contribution is -0.385. The number of nitrogens with one attached hydrogen (secondary N) is 1. The first kappa shape index (κ1) is 13.7. The number of carbonyl (C=O) groups excluding carboxylic acids is 1. The molecule has 0 spiro atoms. The van der Waals surface area contributed by atoms with E-state index in [1.807, 2.05) is 0 Å². The van der Waals surface area contributed by atoms with Crippen molar-refractivity contribution in [1.29, 1.82) is 0 Å². The molecule has 0 fully saturated rings.